The summed E-state index contributed by atoms with van der Waals surface area (Å²) in [6.07, 6.45) is 2.50. The van der Waals surface area contributed by atoms with E-state index in [0.29, 0.717) is 5.92 Å². The zero-order valence-corrected chi connectivity index (χ0v) is 10.7. The number of halogens is 1. The SMILES string of the molecule is CC1Cc2cc(C(C)C)cc(Br)c2C1. The third-order valence-electron chi connectivity index (χ3n) is 3.10. The van der Waals surface area contributed by atoms with Crippen molar-refractivity contribution in [3.05, 3.63) is 33.3 Å². The molecule has 1 atom stereocenters. The van der Waals surface area contributed by atoms with E-state index in [1.807, 2.05) is 0 Å². The Labute approximate surface area is 94.8 Å². The van der Waals surface area contributed by atoms with Gasteiger partial charge in [0.15, 0.2) is 0 Å². The minimum Gasteiger partial charge on any atom is -0.0619 e. The Morgan fingerprint density at radius 3 is 2.64 bits per heavy atom. The van der Waals surface area contributed by atoms with Crippen LogP contribution in [0.25, 0.3) is 0 Å². The molecule has 0 nitrogen and oxygen atoms in total. The Hall–Kier alpha value is -0.300. The molecule has 1 aliphatic carbocycles. The largest absolute Gasteiger partial charge is 0.0619 e. The molecule has 1 heteroatoms. The molecule has 0 saturated heterocycles. The molecule has 0 amide bonds. The first-order chi connectivity index (χ1) is 6.58. The van der Waals surface area contributed by atoms with Gasteiger partial charge in [0.25, 0.3) is 0 Å². The standard InChI is InChI=1S/C13H17Br/c1-8(2)10-6-11-4-9(3)5-12(11)13(14)7-10/h6-9H,4-5H2,1-3H3. The van der Waals surface area contributed by atoms with E-state index in [1.54, 1.807) is 11.1 Å². The van der Waals surface area contributed by atoms with Gasteiger partial charge >= 0.3 is 0 Å². The highest BCUT2D eigenvalue weighted by Crippen LogP contribution is 2.35. The zero-order chi connectivity index (χ0) is 10.3. The maximum Gasteiger partial charge on any atom is 0.0212 e. The van der Waals surface area contributed by atoms with Crippen molar-refractivity contribution in [2.75, 3.05) is 0 Å². The van der Waals surface area contributed by atoms with Gasteiger partial charge in [0, 0.05) is 4.47 Å². The molecular formula is C13H17Br. The van der Waals surface area contributed by atoms with Crippen LogP contribution in [0.3, 0.4) is 0 Å². The molecule has 1 aromatic carbocycles. The highest BCUT2D eigenvalue weighted by Gasteiger charge is 2.21. The lowest BCUT2D eigenvalue weighted by atomic mass is 9.99. The molecule has 0 aliphatic heterocycles. The molecule has 1 aliphatic rings. The van der Waals surface area contributed by atoms with Crippen LogP contribution in [0.2, 0.25) is 0 Å². The smallest absolute Gasteiger partial charge is 0.0212 e. The van der Waals surface area contributed by atoms with E-state index in [2.05, 4.69) is 48.8 Å². The van der Waals surface area contributed by atoms with Crippen LogP contribution < -0.4 is 0 Å². The molecule has 0 fully saturated rings. The minimum atomic E-state index is 0.632. The molecule has 0 radical (unpaired) electrons. The van der Waals surface area contributed by atoms with Crippen molar-refractivity contribution in [1.82, 2.24) is 0 Å². The van der Waals surface area contributed by atoms with Crippen LogP contribution in [-0.4, -0.2) is 0 Å². The van der Waals surface area contributed by atoms with Gasteiger partial charge < -0.3 is 0 Å². The number of hydrogen-bond acceptors (Lipinski definition) is 0. The summed E-state index contributed by atoms with van der Waals surface area (Å²) in [5.41, 5.74) is 4.57. The van der Waals surface area contributed by atoms with E-state index in [4.69, 9.17) is 0 Å². The van der Waals surface area contributed by atoms with Gasteiger partial charge in [-0.1, -0.05) is 42.8 Å². The van der Waals surface area contributed by atoms with E-state index in [1.165, 1.54) is 22.9 Å². The second-order valence-corrected chi connectivity index (χ2v) is 5.66. The van der Waals surface area contributed by atoms with E-state index < -0.39 is 0 Å². The number of rotatable bonds is 1. The lowest BCUT2D eigenvalue weighted by molar-refractivity contribution is 0.627. The Morgan fingerprint density at radius 2 is 2.00 bits per heavy atom. The maximum atomic E-state index is 3.69. The molecule has 0 saturated carbocycles. The Balaban J connectivity index is 2.46. The van der Waals surface area contributed by atoms with Gasteiger partial charge in [-0.2, -0.15) is 0 Å². The molecule has 0 aromatic heterocycles. The summed E-state index contributed by atoms with van der Waals surface area (Å²) < 4.78 is 1.32. The summed E-state index contributed by atoms with van der Waals surface area (Å²) in [5.74, 6) is 1.45. The van der Waals surface area contributed by atoms with Crippen LogP contribution in [0, 0.1) is 5.92 Å². The van der Waals surface area contributed by atoms with Crippen LogP contribution in [0.4, 0.5) is 0 Å². The van der Waals surface area contributed by atoms with Gasteiger partial charge in [-0.05, 0) is 47.4 Å². The van der Waals surface area contributed by atoms with E-state index in [0.717, 1.165) is 5.92 Å². The molecule has 14 heavy (non-hydrogen) atoms. The van der Waals surface area contributed by atoms with Crippen molar-refractivity contribution < 1.29 is 0 Å². The summed E-state index contributed by atoms with van der Waals surface area (Å²) in [6, 6.07) is 4.69. The van der Waals surface area contributed by atoms with Crippen molar-refractivity contribution in [1.29, 1.82) is 0 Å². The molecule has 0 heterocycles. The highest BCUT2D eigenvalue weighted by molar-refractivity contribution is 9.10. The predicted octanol–water partition coefficient (Wildman–Crippen LogP) is 4.31. The molecular weight excluding hydrogens is 236 g/mol. The average molecular weight is 253 g/mol. The van der Waals surface area contributed by atoms with Gasteiger partial charge in [0.05, 0.1) is 0 Å². The van der Waals surface area contributed by atoms with Gasteiger partial charge in [-0.3, -0.25) is 0 Å². The molecule has 1 aromatic rings. The predicted molar refractivity (Wildman–Crippen MR) is 64.8 cm³/mol. The summed E-state index contributed by atoms with van der Waals surface area (Å²) in [5, 5.41) is 0. The second kappa shape index (κ2) is 3.69. The van der Waals surface area contributed by atoms with Crippen molar-refractivity contribution >= 4 is 15.9 Å². The van der Waals surface area contributed by atoms with Crippen LogP contribution >= 0.6 is 15.9 Å². The number of benzene rings is 1. The number of fused-ring (bicyclic) bond motifs is 1. The third kappa shape index (κ3) is 1.75. The Kier molecular flexibility index (Phi) is 2.70. The van der Waals surface area contributed by atoms with Crippen molar-refractivity contribution in [3.63, 3.8) is 0 Å². The van der Waals surface area contributed by atoms with Crippen LogP contribution in [0.15, 0.2) is 16.6 Å². The molecule has 0 N–H and O–H groups in total. The second-order valence-electron chi connectivity index (χ2n) is 4.81. The van der Waals surface area contributed by atoms with Gasteiger partial charge in [0.1, 0.15) is 0 Å². The van der Waals surface area contributed by atoms with E-state index >= 15 is 0 Å². The number of hydrogen-bond donors (Lipinski definition) is 0. The van der Waals surface area contributed by atoms with Gasteiger partial charge in [-0.15, -0.1) is 0 Å². The van der Waals surface area contributed by atoms with Crippen molar-refractivity contribution in [3.8, 4) is 0 Å². The summed E-state index contributed by atoms with van der Waals surface area (Å²) in [6.45, 7) is 6.85. The van der Waals surface area contributed by atoms with E-state index in [-0.39, 0.29) is 0 Å². The summed E-state index contributed by atoms with van der Waals surface area (Å²) in [7, 11) is 0. The maximum absolute atomic E-state index is 3.69. The monoisotopic (exact) mass is 252 g/mol. The first-order valence-corrected chi connectivity index (χ1v) is 6.18. The van der Waals surface area contributed by atoms with Gasteiger partial charge in [0.2, 0.25) is 0 Å². The molecule has 0 spiro atoms. The quantitative estimate of drug-likeness (QED) is 0.699. The molecule has 1 unspecified atom stereocenters. The summed E-state index contributed by atoms with van der Waals surface area (Å²) in [4.78, 5) is 0. The topological polar surface area (TPSA) is 0 Å². The Morgan fingerprint density at radius 1 is 1.29 bits per heavy atom. The lowest BCUT2D eigenvalue weighted by Crippen LogP contribution is -1.92. The van der Waals surface area contributed by atoms with Crippen LogP contribution in [-0.2, 0) is 12.8 Å². The minimum absolute atomic E-state index is 0.632. The first kappa shape index (κ1) is 10.2. The van der Waals surface area contributed by atoms with Crippen molar-refractivity contribution in [2.45, 2.75) is 39.5 Å². The first-order valence-electron chi connectivity index (χ1n) is 5.39. The summed E-state index contributed by atoms with van der Waals surface area (Å²) >= 11 is 3.69. The fourth-order valence-electron chi connectivity index (χ4n) is 2.26. The van der Waals surface area contributed by atoms with E-state index in [9.17, 15) is 0 Å². The molecule has 0 bridgehead atoms. The van der Waals surface area contributed by atoms with Crippen molar-refractivity contribution in [2.24, 2.45) is 5.92 Å². The fourth-order valence-corrected chi connectivity index (χ4v) is 2.94. The third-order valence-corrected chi connectivity index (χ3v) is 3.81. The van der Waals surface area contributed by atoms with Gasteiger partial charge in [-0.25, -0.2) is 0 Å². The highest BCUT2D eigenvalue weighted by atomic mass is 79.9. The fraction of sp³-hybridized carbons (Fsp3) is 0.538. The molecule has 2 rings (SSSR count). The lowest BCUT2D eigenvalue weighted by Gasteiger charge is -2.10. The zero-order valence-electron chi connectivity index (χ0n) is 9.10. The normalized spacial score (nSPS) is 20.2. The van der Waals surface area contributed by atoms with Crippen LogP contribution in [0.5, 0.6) is 0 Å². The molecule has 76 valence electrons. The van der Waals surface area contributed by atoms with Crippen LogP contribution in [0.1, 0.15) is 43.4 Å². The average Bonchev–Trinajstić information content (AvgIpc) is 2.45. The Bertz CT molecular complexity index is 352.